The number of aryl methyl sites for hydroxylation is 1. The third-order valence-electron chi connectivity index (χ3n) is 3.83. The first-order chi connectivity index (χ1) is 11.2. The number of carbonyl (C=O) groups excluding carboxylic acids is 1. The van der Waals surface area contributed by atoms with E-state index in [2.05, 4.69) is 4.98 Å². The van der Waals surface area contributed by atoms with Gasteiger partial charge in [0.05, 0.1) is 11.0 Å². The average molecular weight is 306 g/mol. The molecule has 5 nitrogen and oxygen atoms in total. The van der Waals surface area contributed by atoms with Crippen molar-refractivity contribution in [2.75, 3.05) is 6.79 Å². The van der Waals surface area contributed by atoms with E-state index in [0.717, 1.165) is 22.3 Å². The fraction of sp³-hybridized carbons (Fsp3) is 0.111. The van der Waals surface area contributed by atoms with Crippen LogP contribution in [0.4, 0.5) is 0 Å². The van der Waals surface area contributed by atoms with Gasteiger partial charge in [0, 0.05) is 7.05 Å². The molecule has 0 fully saturated rings. The van der Waals surface area contributed by atoms with Gasteiger partial charge in [0.25, 0.3) is 0 Å². The topological polar surface area (TPSA) is 53.4 Å². The van der Waals surface area contributed by atoms with E-state index in [4.69, 9.17) is 9.47 Å². The van der Waals surface area contributed by atoms with Crippen LogP contribution in [-0.2, 0) is 7.05 Å². The number of nitrogens with zero attached hydrogens (tertiary/aromatic N) is 2. The fourth-order valence-electron chi connectivity index (χ4n) is 2.63. The first-order valence-corrected chi connectivity index (χ1v) is 7.26. The highest BCUT2D eigenvalue weighted by Gasteiger charge is 2.14. The molecule has 0 radical (unpaired) electrons. The van der Waals surface area contributed by atoms with Gasteiger partial charge in [0.1, 0.15) is 0 Å². The van der Waals surface area contributed by atoms with Crippen LogP contribution in [0.1, 0.15) is 16.2 Å². The van der Waals surface area contributed by atoms with Crippen molar-refractivity contribution in [3.05, 3.63) is 59.9 Å². The largest absolute Gasteiger partial charge is 0.454 e. The van der Waals surface area contributed by atoms with Crippen LogP contribution in [0.3, 0.4) is 0 Å². The summed E-state index contributed by atoms with van der Waals surface area (Å²) >= 11 is 0. The highest BCUT2D eigenvalue weighted by atomic mass is 16.7. The number of ketones is 1. The Hall–Kier alpha value is -3.08. The smallest absolute Gasteiger partial charge is 0.231 e. The van der Waals surface area contributed by atoms with Crippen LogP contribution in [-0.4, -0.2) is 22.1 Å². The van der Waals surface area contributed by atoms with Crippen molar-refractivity contribution in [2.45, 2.75) is 0 Å². The third kappa shape index (κ3) is 2.36. The Labute approximate surface area is 132 Å². The van der Waals surface area contributed by atoms with Crippen molar-refractivity contribution in [3.8, 4) is 11.5 Å². The number of hydrogen-bond donors (Lipinski definition) is 0. The predicted molar refractivity (Wildman–Crippen MR) is 86.6 cm³/mol. The molecule has 3 aromatic rings. The molecule has 1 aromatic heterocycles. The van der Waals surface area contributed by atoms with Crippen LogP contribution in [0, 0.1) is 0 Å². The van der Waals surface area contributed by atoms with E-state index in [1.807, 2.05) is 54.1 Å². The summed E-state index contributed by atoms with van der Waals surface area (Å²) in [6.07, 6.45) is 3.28. The Kier molecular flexibility index (Phi) is 3.12. The average Bonchev–Trinajstić information content (AvgIpc) is 3.17. The molecule has 0 aliphatic carbocycles. The number of hydrogen-bond acceptors (Lipinski definition) is 4. The molecule has 4 rings (SSSR count). The van der Waals surface area contributed by atoms with Gasteiger partial charge in [0.2, 0.25) is 12.6 Å². The lowest BCUT2D eigenvalue weighted by molar-refractivity contribution is 0.103. The Morgan fingerprint density at radius 2 is 2.00 bits per heavy atom. The number of imidazole rings is 1. The van der Waals surface area contributed by atoms with Crippen molar-refractivity contribution in [1.29, 1.82) is 0 Å². The van der Waals surface area contributed by atoms with Crippen LogP contribution in [0.15, 0.2) is 48.5 Å². The molecule has 0 spiro atoms. The van der Waals surface area contributed by atoms with Crippen LogP contribution in [0.5, 0.6) is 11.5 Å². The quantitative estimate of drug-likeness (QED) is 0.551. The molecule has 0 amide bonds. The normalized spacial score (nSPS) is 13.1. The summed E-state index contributed by atoms with van der Waals surface area (Å²) in [6.45, 7) is 0.237. The molecule has 2 aromatic carbocycles. The van der Waals surface area contributed by atoms with E-state index in [0.29, 0.717) is 11.6 Å². The van der Waals surface area contributed by atoms with Crippen molar-refractivity contribution in [2.24, 2.45) is 7.05 Å². The number of para-hydroxylation sites is 2. The molecule has 2 heterocycles. The van der Waals surface area contributed by atoms with Crippen LogP contribution in [0.2, 0.25) is 0 Å². The van der Waals surface area contributed by atoms with Gasteiger partial charge in [0.15, 0.2) is 17.3 Å². The maximum absolute atomic E-state index is 12.4. The van der Waals surface area contributed by atoms with Gasteiger partial charge in [-0.25, -0.2) is 4.98 Å². The molecule has 0 saturated heterocycles. The fourth-order valence-corrected chi connectivity index (χ4v) is 2.63. The Morgan fingerprint density at radius 3 is 2.87 bits per heavy atom. The zero-order chi connectivity index (χ0) is 15.8. The Morgan fingerprint density at radius 1 is 1.17 bits per heavy atom. The van der Waals surface area contributed by atoms with Crippen molar-refractivity contribution in [1.82, 2.24) is 9.55 Å². The molecule has 114 valence electrons. The van der Waals surface area contributed by atoms with Crippen LogP contribution in [0.25, 0.3) is 17.1 Å². The first kappa shape index (κ1) is 13.6. The van der Waals surface area contributed by atoms with E-state index in [1.165, 1.54) is 6.08 Å². The van der Waals surface area contributed by atoms with Gasteiger partial charge < -0.3 is 14.0 Å². The second-order valence-electron chi connectivity index (χ2n) is 5.29. The third-order valence-corrected chi connectivity index (χ3v) is 3.83. The van der Waals surface area contributed by atoms with E-state index in [-0.39, 0.29) is 12.6 Å². The first-order valence-electron chi connectivity index (χ1n) is 7.26. The molecule has 1 aliphatic heterocycles. The summed E-state index contributed by atoms with van der Waals surface area (Å²) in [7, 11) is 1.84. The van der Waals surface area contributed by atoms with Crippen molar-refractivity contribution >= 4 is 22.9 Å². The summed E-state index contributed by atoms with van der Waals surface area (Å²) in [6, 6.07) is 13.2. The van der Waals surface area contributed by atoms with E-state index >= 15 is 0 Å². The van der Waals surface area contributed by atoms with Gasteiger partial charge in [-0.1, -0.05) is 24.3 Å². The minimum Gasteiger partial charge on any atom is -0.454 e. The van der Waals surface area contributed by atoms with Crippen molar-refractivity contribution < 1.29 is 14.3 Å². The number of carbonyl (C=O) groups is 1. The lowest BCUT2D eigenvalue weighted by atomic mass is 10.1. The molecular formula is C18H14N2O3. The van der Waals surface area contributed by atoms with E-state index < -0.39 is 0 Å². The van der Waals surface area contributed by atoms with Crippen LogP contribution >= 0.6 is 0 Å². The summed E-state index contributed by atoms with van der Waals surface area (Å²) < 4.78 is 12.4. The molecule has 0 saturated carbocycles. The van der Waals surface area contributed by atoms with Gasteiger partial charge >= 0.3 is 0 Å². The molecule has 23 heavy (non-hydrogen) atoms. The molecule has 5 heteroatoms. The maximum atomic E-state index is 12.4. The molecule has 0 N–H and O–H groups in total. The maximum Gasteiger partial charge on any atom is 0.231 e. The molecule has 0 bridgehead atoms. The highest BCUT2D eigenvalue weighted by molar-refractivity contribution is 6.06. The van der Waals surface area contributed by atoms with E-state index in [9.17, 15) is 4.79 Å². The molecule has 0 unspecified atom stereocenters. The number of aromatic nitrogens is 2. The second-order valence-corrected chi connectivity index (χ2v) is 5.29. The van der Waals surface area contributed by atoms with Crippen molar-refractivity contribution in [3.63, 3.8) is 0 Å². The summed E-state index contributed by atoms with van der Waals surface area (Å²) in [5.41, 5.74) is 2.63. The van der Waals surface area contributed by atoms with Gasteiger partial charge in [-0.15, -0.1) is 0 Å². The lowest BCUT2D eigenvalue weighted by Crippen LogP contribution is -2.04. The highest BCUT2D eigenvalue weighted by Crippen LogP contribution is 2.32. The summed E-state index contributed by atoms with van der Waals surface area (Å²) in [5.74, 6) is 1.70. The molecular weight excluding hydrogens is 292 g/mol. The monoisotopic (exact) mass is 306 g/mol. The second kappa shape index (κ2) is 5.28. The Bertz CT molecular complexity index is 941. The zero-order valence-corrected chi connectivity index (χ0v) is 12.5. The summed E-state index contributed by atoms with van der Waals surface area (Å²) in [4.78, 5) is 16.8. The number of ether oxygens (including phenoxy) is 2. The number of rotatable bonds is 3. The predicted octanol–water partition coefficient (Wildman–Crippen LogP) is 3.20. The van der Waals surface area contributed by atoms with E-state index in [1.54, 1.807) is 6.08 Å². The van der Waals surface area contributed by atoms with Gasteiger partial charge in [-0.2, -0.15) is 0 Å². The van der Waals surface area contributed by atoms with Gasteiger partial charge in [-0.05, 0) is 35.9 Å². The standard InChI is InChI=1S/C18H14N2O3/c1-20-14-5-3-2-4-13(14)19-18(20)15(21)8-6-12-7-9-16-17(10-12)23-11-22-16/h2-10H,11H2,1H3/b8-6+. The van der Waals surface area contributed by atoms with Gasteiger partial charge in [-0.3, -0.25) is 4.79 Å². The molecule has 0 atom stereocenters. The number of benzene rings is 2. The number of fused-ring (bicyclic) bond motifs is 2. The SMILES string of the molecule is Cn1c(C(=O)/C=C/c2ccc3c(c2)OCO3)nc2ccccc21. The zero-order valence-electron chi connectivity index (χ0n) is 12.5. The lowest BCUT2D eigenvalue weighted by Gasteiger charge is -1.99. The minimum absolute atomic E-state index is 0.138. The summed E-state index contributed by atoms with van der Waals surface area (Å²) in [5, 5.41) is 0. The van der Waals surface area contributed by atoms with Crippen LogP contribution < -0.4 is 9.47 Å². The number of allylic oxidation sites excluding steroid dienone is 1. The minimum atomic E-state index is -0.138. The molecule has 1 aliphatic rings. The Balaban J connectivity index is 1.62.